The summed E-state index contributed by atoms with van der Waals surface area (Å²) >= 11 is 0. The first-order valence-corrected chi connectivity index (χ1v) is 10.4. The Balaban J connectivity index is 1.31. The molecule has 0 saturated carbocycles. The average molecular weight is 422 g/mol. The van der Waals surface area contributed by atoms with Crippen LogP contribution in [0.15, 0.2) is 53.1 Å². The van der Waals surface area contributed by atoms with E-state index in [2.05, 4.69) is 10.5 Å². The zero-order valence-electron chi connectivity index (χ0n) is 17.7. The van der Waals surface area contributed by atoms with Crippen LogP contribution in [0.3, 0.4) is 0 Å². The predicted octanol–water partition coefficient (Wildman–Crippen LogP) is 4.68. The van der Waals surface area contributed by atoms with Gasteiger partial charge in [-0.25, -0.2) is 0 Å². The van der Waals surface area contributed by atoms with Crippen LogP contribution >= 0.6 is 0 Å². The molecule has 1 aromatic heterocycles. The van der Waals surface area contributed by atoms with E-state index in [0.29, 0.717) is 36.0 Å². The highest BCUT2D eigenvalue weighted by molar-refractivity contribution is 6.04. The minimum atomic E-state index is -0.200. The molecular formula is C24H26N2O5. The Labute approximate surface area is 181 Å². The second-order valence-corrected chi connectivity index (χ2v) is 7.54. The lowest BCUT2D eigenvalue weighted by Gasteiger charge is -2.13. The molecular weight excluding hydrogens is 396 g/mol. The number of aromatic nitrogens is 1. The summed E-state index contributed by atoms with van der Waals surface area (Å²) in [5.41, 5.74) is 2.96. The maximum atomic E-state index is 12.6. The Kier molecular flexibility index (Phi) is 6.52. The van der Waals surface area contributed by atoms with Crippen molar-refractivity contribution < 1.29 is 23.5 Å². The standard InChI is InChI=1S/C24H26N2O5/c1-16-23(17(2)31-26-16)15-30-20-10-8-18(9-11-20)24(27)25-19-5-3-6-21(13-19)29-14-22-7-4-12-28-22/h3,5-6,8-11,13,22H,4,7,12,14-15H2,1-2H3,(H,25,27). The topological polar surface area (TPSA) is 82.8 Å². The number of carbonyl (C=O) groups is 1. The molecule has 7 nitrogen and oxygen atoms in total. The molecule has 2 aromatic carbocycles. The van der Waals surface area contributed by atoms with Gasteiger partial charge in [0.15, 0.2) is 0 Å². The fourth-order valence-corrected chi connectivity index (χ4v) is 3.40. The van der Waals surface area contributed by atoms with Gasteiger partial charge in [0.25, 0.3) is 5.91 Å². The Morgan fingerprint density at radius 2 is 1.97 bits per heavy atom. The monoisotopic (exact) mass is 422 g/mol. The van der Waals surface area contributed by atoms with E-state index in [1.807, 2.05) is 38.1 Å². The van der Waals surface area contributed by atoms with E-state index in [9.17, 15) is 4.79 Å². The van der Waals surface area contributed by atoms with Crippen molar-refractivity contribution in [2.45, 2.75) is 39.4 Å². The van der Waals surface area contributed by atoms with Gasteiger partial charge >= 0.3 is 0 Å². The maximum absolute atomic E-state index is 12.6. The first kappa shape index (κ1) is 20.9. The zero-order valence-corrected chi connectivity index (χ0v) is 17.7. The largest absolute Gasteiger partial charge is 0.491 e. The quantitative estimate of drug-likeness (QED) is 0.568. The van der Waals surface area contributed by atoms with Crippen LogP contribution in [0.2, 0.25) is 0 Å². The third-order valence-corrected chi connectivity index (χ3v) is 5.23. The Morgan fingerprint density at radius 1 is 1.13 bits per heavy atom. The highest BCUT2D eigenvalue weighted by atomic mass is 16.5. The molecule has 2 heterocycles. The number of amides is 1. The van der Waals surface area contributed by atoms with Gasteiger partial charge in [0.05, 0.1) is 17.4 Å². The third-order valence-electron chi connectivity index (χ3n) is 5.23. The summed E-state index contributed by atoms with van der Waals surface area (Å²) < 4.78 is 22.3. The molecule has 31 heavy (non-hydrogen) atoms. The number of hydrogen-bond donors (Lipinski definition) is 1. The highest BCUT2D eigenvalue weighted by Crippen LogP contribution is 2.21. The Hall–Kier alpha value is -3.32. The molecule has 4 rings (SSSR count). The van der Waals surface area contributed by atoms with Gasteiger partial charge in [-0.1, -0.05) is 11.2 Å². The summed E-state index contributed by atoms with van der Waals surface area (Å²) in [6.07, 6.45) is 2.25. The SMILES string of the molecule is Cc1noc(C)c1COc1ccc(C(=O)Nc2cccc(OCC3CCCO3)c2)cc1. The molecule has 0 spiro atoms. The summed E-state index contributed by atoms with van der Waals surface area (Å²) in [6, 6.07) is 14.4. The average Bonchev–Trinajstić information content (AvgIpc) is 3.41. The first-order chi connectivity index (χ1) is 15.1. The summed E-state index contributed by atoms with van der Waals surface area (Å²) in [5.74, 6) is 1.92. The number of anilines is 1. The number of ether oxygens (including phenoxy) is 3. The molecule has 1 saturated heterocycles. The molecule has 1 amide bonds. The van der Waals surface area contributed by atoms with Crippen molar-refractivity contribution in [2.24, 2.45) is 0 Å². The molecule has 1 fully saturated rings. The maximum Gasteiger partial charge on any atom is 0.255 e. The van der Waals surface area contributed by atoms with Crippen molar-refractivity contribution in [3.05, 3.63) is 71.1 Å². The van der Waals surface area contributed by atoms with Gasteiger partial charge in [-0.05, 0) is 63.1 Å². The molecule has 162 valence electrons. The molecule has 7 heteroatoms. The minimum Gasteiger partial charge on any atom is -0.491 e. The molecule has 0 bridgehead atoms. The number of rotatable bonds is 8. The van der Waals surface area contributed by atoms with E-state index >= 15 is 0 Å². The van der Waals surface area contributed by atoms with E-state index < -0.39 is 0 Å². The second kappa shape index (κ2) is 9.66. The normalized spacial score (nSPS) is 15.6. The first-order valence-electron chi connectivity index (χ1n) is 10.4. The predicted molar refractivity (Wildman–Crippen MR) is 116 cm³/mol. The molecule has 0 aliphatic carbocycles. The van der Waals surface area contributed by atoms with Gasteiger partial charge in [-0.15, -0.1) is 0 Å². The molecule has 1 aliphatic rings. The molecule has 1 N–H and O–H groups in total. The van der Waals surface area contributed by atoms with E-state index in [1.54, 1.807) is 24.3 Å². The summed E-state index contributed by atoms with van der Waals surface area (Å²) in [4.78, 5) is 12.6. The lowest BCUT2D eigenvalue weighted by atomic mass is 10.2. The van der Waals surface area contributed by atoms with Gasteiger partial charge in [0, 0.05) is 23.9 Å². The highest BCUT2D eigenvalue weighted by Gasteiger charge is 2.16. The lowest BCUT2D eigenvalue weighted by Crippen LogP contribution is -2.16. The zero-order chi connectivity index (χ0) is 21.6. The smallest absolute Gasteiger partial charge is 0.255 e. The van der Waals surface area contributed by atoms with Crippen molar-refractivity contribution in [1.82, 2.24) is 5.16 Å². The number of benzene rings is 2. The fourth-order valence-electron chi connectivity index (χ4n) is 3.40. The minimum absolute atomic E-state index is 0.150. The second-order valence-electron chi connectivity index (χ2n) is 7.54. The van der Waals surface area contributed by atoms with Gasteiger partial charge in [-0.3, -0.25) is 4.79 Å². The lowest BCUT2D eigenvalue weighted by molar-refractivity contribution is 0.0680. The summed E-state index contributed by atoms with van der Waals surface area (Å²) in [7, 11) is 0. The van der Waals surface area contributed by atoms with Crippen LogP contribution < -0.4 is 14.8 Å². The Bertz CT molecular complexity index is 1000. The van der Waals surface area contributed by atoms with E-state index in [4.69, 9.17) is 18.7 Å². The van der Waals surface area contributed by atoms with Crippen LogP contribution in [0.1, 0.15) is 40.2 Å². The van der Waals surface area contributed by atoms with E-state index in [1.165, 1.54) is 0 Å². The fraction of sp³-hybridized carbons (Fsp3) is 0.333. The van der Waals surface area contributed by atoms with Crippen molar-refractivity contribution in [3.63, 3.8) is 0 Å². The molecule has 1 aliphatic heterocycles. The molecule has 0 radical (unpaired) electrons. The summed E-state index contributed by atoms with van der Waals surface area (Å²) in [6.45, 7) is 5.42. The van der Waals surface area contributed by atoms with Gasteiger partial charge in [0.2, 0.25) is 0 Å². The van der Waals surface area contributed by atoms with Crippen LogP contribution in [0.25, 0.3) is 0 Å². The van der Waals surface area contributed by atoms with Crippen LogP contribution in [-0.2, 0) is 11.3 Å². The number of nitrogens with zero attached hydrogens (tertiary/aromatic N) is 1. The van der Waals surface area contributed by atoms with Crippen molar-refractivity contribution >= 4 is 11.6 Å². The molecule has 3 aromatic rings. The number of nitrogens with one attached hydrogen (secondary N) is 1. The van der Waals surface area contributed by atoms with Gasteiger partial charge < -0.3 is 24.1 Å². The van der Waals surface area contributed by atoms with Crippen molar-refractivity contribution in [2.75, 3.05) is 18.5 Å². The van der Waals surface area contributed by atoms with E-state index in [-0.39, 0.29) is 12.0 Å². The van der Waals surface area contributed by atoms with Crippen molar-refractivity contribution in [1.29, 1.82) is 0 Å². The number of carbonyl (C=O) groups excluding carboxylic acids is 1. The van der Waals surface area contributed by atoms with Gasteiger partial charge in [0.1, 0.15) is 30.5 Å². The van der Waals surface area contributed by atoms with Crippen molar-refractivity contribution in [3.8, 4) is 11.5 Å². The third kappa shape index (κ3) is 5.44. The number of hydrogen-bond acceptors (Lipinski definition) is 6. The molecule has 1 unspecified atom stereocenters. The van der Waals surface area contributed by atoms with Crippen LogP contribution in [0.4, 0.5) is 5.69 Å². The Morgan fingerprint density at radius 3 is 2.68 bits per heavy atom. The van der Waals surface area contributed by atoms with Gasteiger partial charge in [-0.2, -0.15) is 0 Å². The van der Waals surface area contributed by atoms with Crippen LogP contribution in [0.5, 0.6) is 11.5 Å². The summed E-state index contributed by atoms with van der Waals surface area (Å²) in [5, 5.41) is 6.82. The van der Waals surface area contributed by atoms with E-state index in [0.717, 1.165) is 36.5 Å². The van der Waals surface area contributed by atoms with Crippen LogP contribution in [0, 0.1) is 13.8 Å². The number of aryl methyl sites for hydroxylation is 2. The molecule has 1 atom stereocenters. The van der Waals surface area contributed by atoms with Crippen LogP contribution in [-0.4, -0.2) is 30.4 Å².